The molecule has 1 heterocycles. The van der Waals surface area contributed by atoms with E-state index in [9.17, 15) is 4.79 Å². The highest BCUT2D eigenvalue weighted by molar-refractivity contribution is 5.72. The van der Waals surface area contributed by atoms with E-state index in [0.29, 0.717) is 5.57 Å². The number of likely N-dealkylation sites (N-methyl/N-ethyl adjacent to an activating group) is 1. The molecule has 0 bridgehead atoms. The molecule has 22 heavy (non-hydrogen) atoms. The Morgan fingerprint density at radius 1 is 1.45 bits per heavy atom. The molecule has 2 rings (SSSR count). The summed E-state index contributed by atoms with van der Waals surface area (Å²) in [6.45, 7) is 10.2. The lowest BCUT2D eigenvalue weighted by Crippen LogP contribution is -2.48. The Kier molecular flexibility index (Phi) is 4.55. The van der Waals surface area contributed by atoms with Crippen molar-refractivity contribution in [2.75, 3.05) is 7.05 Å². The minimum Gasteiger partial charge on any atom is -0.361 e. The van der Waals surface area contributed by atoms with Gasteiger partial charge in [0.1, 0.15) is 11.9 Å². The van der Waals surface area contributed by atoms with E-state index in [0.717, 1.165) is 24.1 Å². The first kappa shape index (κ1) is 16.1. The summed E-state index contributed by atoms with van der Waals surface area (Å²) in [6.07, 6.45) is 5.50. The van der Waals surface area contributed by atoms with E-state index in [-0.39, 0.29) is 5.66 Å². The summed E-state index contributed by atoms with van der Waals surface area (Å²) >= 11 is 0. The molecular formula is C19H24N2O. The Labute approximate surface area is 133 Å². The maximum atomic E-state index is 10.7. The first-order valence-electron chi connectivity index (χ1n) is 7.46. The van der Waals surface area contributed by atoms with E-state index >= 15 is 0 Å². The number of hydrogen-bond donors (Lipinski definition) is 1. The lowest BCUT2D eigenvalue weighted by Gasteiger charge is -2.34. The average Bonchev–Trinajstić information content (AvgIpc) is 2.66. The molecule has 116 valence electrons. The summed E-state index contributed by atoms with van der Waals surface area (Å²) in [6, 6.07) is 8.55. The van der Waals surface area contributed by atoms with Gasteiger partial charge in [0, 0.05) is 13.5 Å². The van der Waals surface area contributed by atoms with Gasteiger partial charge in [0.25, 0.3) is 0 Å². The second-order valence-electron chi connectivity index (χ2n) is 6.18. The Morgan fingerprint density at radius 3 is 2.82 bits per heavy atom. The smallest absolute Gasteiger partial charge is 0.145 e. The number of aryl methyl sites for hydroxylation is 1. The van der Waals surface area contributed by atoms with Crippen LogP contribution in [-0.2, 0) is 11.2 Å². The molecule has 1 aromatic carbocycles. The molecule has 0 aromatic heterocycles. The quantitative estimate of drug-likeness (QED) is 0.683. The molecule has 0 radical (unpaired) electrons. The number of carbonyl (C=O) groups excluding carboxylic acids is 1. The first-order chi connectivity index (χ1) is 10.4. The summed E-state index contributed by atoms with van der Waals surface area (Å²) in [5.74, 6) is 0. The molecule has 0 spiro atoms. The van der Waals surface area contributed by atoms with Crippen LogP contribution < -0.4 is 5.32 Å². The Hall–Kier alpha value is -2.29. The summed E-state index contributed by atoms with van der Waals surface area (Å²) in [4.78, 5) is 12.9. The minimum atomic E-state index is -0.223. The molecule has 1 fully saturated rings. The maximum absolute atomic E-state index is 10.7. The van der Waals surface area contributed by atoms with Crippen LogP contribution in [0.25, 0.3) is 0 Å². The fourth-order valence-electron chi connectivity index (χ4n) is 2.79. The highest BCUT2D eigenvalue weighted by atomic mass is 16.1. The van der Waals surface area contributed by atoms with Crippen LogP contribution in [0, 0.1) is 6.92 Å². The van der Waals surface area contributed by atoms with Crippen LogP contribution in [0.1, 0.15) is 25.0 Å². The average molecular weight is 296 g/mol. The number of nitrogens with one attached hydrogen (secondary N) is 1. The highest BCUT2D eigenvalue weighted by Gasteiger charge is 2.38. The third kappa shape index (κ3) is 3.30. The highest BCUT2D eigenvalue weighted by Crippen LogP contribution is 2.31. The molecule has 1 saturated heterocycles. The van der Waals surface area contributed by atoms with Gasteiger partial charge in [-0.2, -0.15) is 0 Å². The first-order valence-corrected chi connectivity index (χ1v) is 7.46. The van der Waals surface area contributed by atoms with Crippen molar-refractivity contribution in [3.05, 3.63) is 71.1 Å². The van der Waals surface area contributed by atoms with Crippen molar-refractivity contribution in [3.8, 4) is 0 Å². The molecule has 3 nitrogen and oxygen atoms in total. The van der Waals surface area contributed by atoms with Crippen LogP contribution in [0.3, 0.4) is 0 Å². The van der Waals surface area contributed by atoms with Crippen LogP contribution in [0.15, 0.2) is 60.0 Å². The standard InChI is InChI=1S/C19H24N2O/c1-14-7-6-8-17(11-14)12-19(4)20-16(3)18(21(19)5)10-9-15(2)13-22/h6-11,13,20H,3,12H2,1-2,4-5H3/b15-9-,18-10-. The van der Waals surface area contributed by atoms with Crippen molar-refractivity contribution in [3.63, 3.8) is 0 Å². The van der Waals surface area contributed by atoms with Crippen LogP contribution in [0.2, 0.25) is 0 Å². The van der Waals surface area contributed by atoms with Gasteiger partial charge in [0.2, 0.25) is 0 Å². The molecule has 1 aliphatic heterocycles. The van der Waals surface area contributed by atoms with Gasteiger partial charge in [-0.1, -0.05) is 42.5 Å². The topological polar surface area (TPSA) is 32.3 Å². The Morgan fingerprint density at radius 2 is 2.18 bits per heavy atom. The predicted octanol–water partition coefficient (Wildman–Crippen LogP) is 3.33. The summed E-state index contributed by atoms with van der Waals surface area (Å²) < 4.78 is 0. The van der Waals surface area contributed by atoms with Gasteiger partial charge in [0.05, 0.1) is 11.4 Å². The Bertz CT molecular complexity index is 657. The number of hydrogen-bond acceptors (Lipinski definition) is 3. The minimum absolute atomic E-state index is 0.223. The number of aldehydes is 1. The molecule has 1 unspecified atom stereocenters. The van der Waals surface area contributed by atoms with E-state index in [1.54, 1.807) is 6.92 Å². The zero-order valence-electron chi connectivity index (χ0n) is 13.8. The third-order valence-electron chi connectivity index (χ3n) is 4.15. The number of nitrogens with zero attached hydrogens (tertiary/aromatic N) is 1. The molecule has 0 amide bonds. The van der Waals surface area contributed by atoms with Crippen LogP contribution in [-0.4, -0.2) is 23.9 Å². The van der Waals surface area contributed by atoms with Crippen molar-refractivity contribution in [2.24, 2.45) is 0 Å². The fraction of sp³-hybridized carbons (Fsp3) is 0.316. The van der Waals surface area contributed by atoms with Crippen LogP contribution in [0.4, 0.5) is 0 Å². The van der Waals surface area contributed by atoms with Gasteiger partial charge in [-0.25, -0.2) is 0 Å². The van der Waals surface area contributed by atoms with E-state index in [2.05, 4.69) is 62.0 Å². The monoisotopic (exact) mass is 296 g/mol. The number of allylic oxidation sites excluding steroid dienone is 3. The molecule has 1 atom stereocenters. The van der Waals surface area contributed by atoms with Gasteiger partial charge in [0.15, 0.2) is 0 Å². The molecule has 0 aliphatic carbocycles. The summed E-state index contributed by atoms with van der Waals surface area (Å²) in [5.41, 5.74) is 4.92. The van der Waals surface area contributed by atoms with Gasteiger partial charge < -0.3 is 10.2 Å². The largest absolute Gasteiger partial charge is 0.361 e. The second-order valence-corrected chi connectivity index (χ2v) is 6.18. The van der Waals surface area contributed by atoms with E-state index in [1.165, 1.54) is 11.1 Å². The van der Waals surface area contributed by atoms with Gasteiger partial charge in [-0.15, -0.1) is 0 Å². The van der Waals surface area contributed by atoms with Gasteiger partial charge >= 0.3 is 0 Å². The second kappa shape index (κ2) is 6.22. The van der Waals surface area contributed by atoms with E-state index in [1.807, 2.05) is 12.2 Å². The SMILES string of the molecule is C=C1NC(C)(Cc2cccc(C)c2)N(C)/C1=C\C=C(\C)C=O. The molecule has 3 heteroatoms. The number of benzene rings is 1. The van der Waals surface area contributed by atoms with Gasteiger partial charge in [-0.3, -0.25) is 4.79 Å². The molecule has 1 aliphatic rings. The maximum Gasteiger partial charge on any atom is 0.145 e. The summed E-state index contributed by atoms with van der Waals surface area (Å²) in [5, 5.41) is 3.49. The van der Waals surface area contributed by atoms with Crippen molar-refractivity contribution in [1.29, 1.82) is 0 Å². The molecule has 1 aromatic rings. The third-order valence-corrected chi connectivity index (χ3v) is 4.15. The zero-order valence-corrected chi connectivity index (χ0v) is 13.8. The lowest BCUT2D eigenvalue weighted by atomic mass is 9.99. The Balaban J connectivity index is 2.26. The van der Waals surface area contributed by atoms with E-state index in [4.69, 9.17) is 0 Å². The predicted molar refractivity (Wildman–Crippen MR) is 91.2 cm³/mol. The molecule has 0 saturated carbocycles. The van der Waals surface area contributed by atoms with Crippen LogP contribution in [0.5, 0.6) is 0 Å². The fourth-order valence-corrected chi connectivity index (χ4v) is 2.79. The normalized spacial score (nSPS) is 23.8. The summed E-state index contributed by atoms with van der Waals surface area (Å²) in [7, 11) is 2.05. The number of rotatable bonds is 4. The van der Waals surface area contributed by atoms with Crippen molar-refractivity contribution >= 4 is 6.29 Å². The van der Waals surface area contributed by atoms with Crippen molar-refractivity contribution in [2.45, 2.75) is 32.9 Å². The lowest BCUT2D eigenvalue weighted by molar-refractivity contribution is -0.104. The van der Waals surface area contributed by atoms with Crippen molar-refractivity contribution in [1.82, 2.24) is 10.2 Å². The van der Waals surface area contributed by atoms with Crippen molar-refractivity contribution < 1.29 is 4.79 Å². The number of carbonyl (C=O) groups is 1. The van der Waals surface area contributed by atoms with E-state index < -0.39 is 0 Å². The van der Waals surface area contributed by atoms with Crippen LogP contribution >= 0.6 is 0 Å². The molecular weight excluding hydrogens is 272 g/mol. The zero-order chi connectivity index (χ0) is 16.3. The molecule has 1 N–H and O–H groups in total. The van der Waals surface area contributed by atoms with Gasteiger partial charge in [-0.05, 0) is 38.0 Å².